The normalized spacial score (nSPS) is 17.4. The average molecular weight is 345 g/mol. The number of rotatable bonds is 4. The number of fused-ring (bicyclic) bond motifs is 1. The Morgan fingerprint density at radius 1 is 1.08 bits per heavy atom. The maximum absolute atomic E-state index is 12.5. The number of nitrogens with zero attached hydrogens (tertiary/aromatic N) is 3. The Morgan fingerprint density at radius 3 is 2.40 bits per heavy atom. The monoisotopic (exact) mass is 345 g/mol. The third kappa shape index (κ3) is 3.24. The predicted molar refractivity (Wildman–Crippen MR) is 88.1 cm³/mol. The first-order valence-electron chi connectivity index (χ1n) is 8.42. The van der Waals surface area contributed by atoms with Gasteiger partial charge in [-0.15, -0.1) is 0 Å². The van der Waals surface area contributed by atoms with E-state index in [4.69, 9.17) is 0 Å². The van der Waals surface area contributed by atoms with Gasteiger partial charge in [-0.3, -0.25) is 29.4 Å². The zero-order chi connectivity index (χ0) is 18.0. The molecule has 0 radical (unpaired) electrons. The zero-order valence-corrected chi connectivity index (χ0v) is 13.8. The van der Waals surface area contributed by atoms with E-state index in [2.05, 4.69) is 0 Å². The molecule has 1 saturated heterocycles. The molecule has 2 heterocycles. The van der Waals surface area contributed by atoms with E-state index in [9.17, 15) is 24.5 Å². The Bertz CT molecular complexity index is 738. The average Bonchev–Trinajstić information content (AvgIpc) is 2.80. The lowest BCUT2D eigenvalue weighted by Gasteiger charge is -2.21. The van der Waals surface area contributed by atoms with Gasteiger partial charge in [0, 0.05) is 32.1 Å². The smallest absolute Gasteiger partial charge is 0.282 e. The number of benzene rings is 1. The Morgan fingerprint density at radius 2 is 1.76 bits per heavy atom. The van der Waals surface area contributed by atoms with Crippen molar-refractivity contribution in [3.63, 3.8) is 0 Å². The van der Waals surface area contributed by atoms with Gasteiger partial charge in [-0.1, -0.05) is 18.9 Å². The summed E-state index contributed by atoms with van der Waals surface area (Å²) in [5.41, 5.74) is -0.529. The molecule has 2 aliphatic heterocycles. The molecule has 0 aromatic heterocycles. The Labute approximate surface area is 144 Å². The number of carbonyl (C=O) groups is 3. The lowest BCUT2D eigenvalue weighted by atomic mass is 10.1. The van der Waals surface area contributed by atoms with E-state index in [-0.39, 0.29) is 35.7 Å². The fourth-order valence-corrected chi connectivity index (χ4v) is 3.36. The highest BCUT2D eigenvalue weighted by atomic mass is 16.6. The van der Waals surface area contributed by atoms with Gasteiger partial charge < -0.3 is 4.90 Å². The summed E-state index contributed by atoms with van der Waals surface area (Å²) in [6.45, 7) is 1.34. The van der Waals surface area contributed by atoms with E-state index in [0.717, 1.165) is 30.6 Å². The van der Waals surface area contributed by atoms with Crippen LogP contribution in [0.15, 0.2) is 18.2 Å². The molecular formula is C17H19N3O5. The molecule has 0 aliphatic carbocycles. The minimum absolute atomic E-state index is 0.0291. The number of likely N-dealkylation sites (tertiary alicyclic amines) is 1. The van der Waals surface area contributed by atoms with Crippen molar-refractivity contribution < 1.29 is 19.3 Å². The summed E-state index contributed by atoms with van der Waals surface area (Å²) in [4.78, 5) is 50.3. The molecule has 0 atom stereocenters. The second-order valence-corrected chi connectivity index (χ2v) is 6.26. The SMILES string of the molecule is O=C(CCN1C(=O)c2cccc([N+](=O)[O-])c2C1=O)N1CCCCCC1. The van der Waals surface area contributed by atoms with Crippen LogP contribution in [-0.2, 0) is 4.79 Å². The van der Waals surface area contributed by atoms with E-state index < -0.39 is 16.7 Å². The van der Waals surface area contributed by atoms with Crippen LogP contribution in [0.25, 0.3) is 0 Å². The second-order valence-electron chi connectivity index (χ2n) is 6.26. The Kier molecular flexibility index (Phi) is 4.78. The van der Waals surface area contributed by atoms with Gasteiger partial charge in [0.25, 0.3) is 17.5 Å². The first kappa shape index (κ1) is 17.1. The van der Waals surface area contributed by atoms with Crippen LogP contribution >= 0.6 is 0 Å². The van der Waals surface area contributed by atoms with Crippen molar-refractivity contribution in [2.45, 2.75) is 32.1 Å². The maximum Gasteiger partial charge on any atom is 0.282 e. The molecule has 1 fully saturated rings. The zero-order valence-electron chi connectivity index (χ0n) is 13.8. The van der Waals surface area contributed by atoms with Crippen molar-refractivity contribution in [3.8, 4) is 0 Å². The first-order chi connectivity index (χ1) is 12.0. The molecule has 8 heteroatoms. The van der Waals surface area contributed by atoms with E-state index in [1.54, 1.807) is 4.90 Å². The summed E-state index contributed by atoms with van der Waals surface area (Å²) >= 11 is 0. The number of hydrogen-bond donors (Lipinski definition) is 0. The predicted octanol–water partition coefficient (Wildman–Crippen LogP) is 1.98. The van der Waals surface area contributed by atoms with Crippen LogP contribution < -0.4 is 0 Å². The fourth-order valence-electron chi connectivity index (χ4n) is 3.36. The van der Waals surface area contributed by atoms with Gasteiger partial charge in [0.05, 0.1) is 10.5 Å². The summed E-state index contributed by atoms with van der Waals surface area (Å²) < 4.78 is 0. The summed E-state index contributed by atoms with van der Waals surface area (Å²) in [5.74, 6) is -1.36. The molecule has 1 aromatic rings. The highest BCUT2D eigenvalue weighted by Crippen LogP contribution is 2.30. The lowest BCUT2D eigenvalue weighted by molar-refractivity contribution is -0.385. The minimum atomic E-state index is -0.698. The Hall–Kier alpha value is -2.77. The molecular weight excluding hydrogens is 326 g/mol. The standard InChI is InChI=1S/C17H19N3O5/c21-14(18-9-3-1-2-4-10-18)8-11-19-16(22)12-6-5-7-13(20(24)25)15(12)17(19)23/h5-7H,1-4,8-11H2. The van der Waals surface area contributed by atoms with Crippen molar-refractivity contribution in [3.05, 3.63) is 39.4 Å². The molecule has 2 aliphatic rings. The summed E-state index contributed by atoms with van der Waals surface area (Å²) in [6.07, 6.45) is 4.17. The van der Waals surface area contributed by atoms with Crippen molar-refractivity contribution in [2.24, 2.45) is 0 Å². The van der Waals surface area contributed by atoms with Crippen LogP contribution in [0.5, 0.6) is 0 Å². The van der Waals surface area contributed by atoms with Gasteiger partial charge in [-0.05, 0) is 18.9 Å². The fraction of sp³-hybridized carbons (Fsp3) is 0.471. The lowest BCUT2D eigenvalue weighted by Crippen LogP contribution is -2.37. The van der Waals surface area contributed by atoms with E-state index in [0.29, 0.717) is 13.1 Å². The molecule has 0 saturated carbocycles. The van der Waals surface area contributed by atoms with Crippen LogP contribution in [0.1, 0.15) is 52.8 Å². The number of nitro groups is 1. The van der Waals surface area contributed by atoms with Crippen molar-refractivity contribution >= 4 is 23.4 Å². The molecule has 0 unspecified atom stereocenters. The third-order valence-corrected chi connectivity index (χ3v) is 4.68. The van der Waals surface area contributed by atoms with Gasteiger partial charge in [-0.25, -0.2) is 0 Å². The van der Waals surface area contributed by atoms with Crippen LogP contribution in [0.2, 0.25) is 0 Å². The molecule has 0 bridgehead atoms. The first-order valence-corrected chi connectivity index (χ1v) is 8.42. The van der Waals surface area contributed by atoms with E-state index >= 15 is 0 Å². The van der Waals surface area contributed by atoms with Gasteiger partial charge in [-0.2, -0.15) is 0 Å². The molecule has 1 aromatic carbocycles. The van der Waals surface area contributed by atoms with Crippen molar-refractivity contribution in [1.82, 2.24) is 9.80 Å². The van der Waals surface area contributed by atoms with Crippen LogP contribution in [0, 0.1) is 10.1 Å². The topological polar surface area (TPSA) is 101 Å². The van der Waals surface area contributed by atoms with Crippen molar-refractivity contribution in [1.29, 1.82) is 0 Å². The van der Waals surface area contributed by atoms with E-state index in [1.807, 2.05) is 0 Å². The third-order valence-electron chi connectivity index (χ3n) is 4.68. The summed E-state index contributed by atoms with van der Waals surface area (Å²) in [5, 5.41) is 11.1. The second kappa shape index (κ2) is 7.00. The molecule has 0 N–H and O–H groups in total. The number of nitro benzene ring substituents is 1. The largest absolute Gasteiger partial charge is 0.343 e. The molecule has 0 spiro atoms. The van der Waals surface area contributed by atoms with Crippen LogP contribution in [0.3, 0.4) is 0 Å². The van der Waals surface area contributed by atoms with Gasteiger partial charge in [0.15, 0.2) is 0 Å². The summed E-state index contributed by atoms with van der Waals surface area (Å²) in [7, 11) is 0. The van der Waals surface area contributed by atoms with Crippen LogP contribution in [-0.4, -0.2) is 52.1 Å². The number of carbonyl (C=O) groups excluding carboxylic acids is 3. The van der Waals surface area contributed by atoms with Gasteiger partial charge in [0.2, 0.25) is 5.91 Å². The highest BCUT2D eigenvalue weighted by molar-refractivity contribution is 6.23. The quantitative estimate of drug-likeness (QED) is 0.472. The van der Waals surface area contributed by atoms with Gasteiger partial charge in [0.1, 0.15) is 5.56 Å². The molecule has 3 amide bonds. The number of amides is 3. The molecule has 3 rings (SSSR count). The number of hydrogen-bond acceptors (Lipinski definition) is 5. The number of imide groups is 1. The molecule has 25 heavy (non-hydrogen) atoms. The Balaban J connectivity index is 1.71. The molecule has 132 valence electrons. The van der Waals surface area contributed by atoms with Crippen LogP contribution in [0.4, 0.5) is 5.69 Å². The molecule has 8 nitrogen and oxygen atoms in total. The van der Waals surface area contributed by atoms with Crippen molar-refractivity contribution in [2.75, 3.05) is 19.6 Å². The highest BCUT2D eigenvalue weighted by Gasteiger charge is 2.40. The van der Waals surface area contributed by atoms with E-state index in [1.165, 1.54) is 18.2 Å². The minimum Gasteiger partial charge on any atom is -0.343 e. The maximum atomic E-state index is 12.5. The van der Waals surface area contributed by atoms with Gasteiger partial charge >= 0.3 is 0 Å². The summed E-state index contributed by atoms with van der Waals surface area (Å²) in [6, 6.07) is 3.99.